The number of nitrogens with one attached hydrogen (secondary N) is 2. The highest BCUT2D eigenvalue weighted by Gasteiger charge is 2.28. The van der Waals surface area contributed by atoms with Gasteiger partial charge in [-0.1, -0.05) is 0 Å². The van der Waals surface area contributed by atoms with Gasteiger partial charge in [0.2, 0.25) is 0 Å². The van der Waals surface area contributed by atoms with Crippen molar-refractivity contribution < 1.29 is 27.8 Å². The third-order valence-electron chi connectivity index (χ3n) is 5.50. The molecule has 3 heterocycles. The molecule has 2 unspecified atom stereocenters. The predicted octanol–water partition coefficient (Wildman–Crippen LogP) is 2.95. The lowest BCUT2D eigenvalue weighted by atomic mass is 10.0. The minimum Gasteiger partial charge on any atom is -0.387 e. The van der Waals surface area contributed by atoms with Crippen LogP contribution in [0.4, 0.5) is 18.9 Å². The molecule has 0 aromatic carbocycles. The van der Waals surface area contributed by atoms with Crippen molar-refractivity contribution in [1.29, 1.82) is 5.26 Å². The van der Waals surface area contributed by atoms with E-state index in [-0.39, 0.29) is 17.1 Å². The van der Waals surface area contributed by atoms with Crippen LogP contribution in [0.15, 0.2) is 30.7 Å². The molecule has 0 aliphatic heterocycles. The first-order chi connectivity index (χ1) is 16.9. The van der Waals surface area contributed by atoms with Crippen molar-refractivity contribution in [3.63, 3.8) is 0 Å². The summed E-state index contributed by atoms with van der Waals surface area (Å²) < 4.78 is 45.5. The molecule has 0 radical (unpaired) electrons. The van der Waals surface area contributed by atoms with E-state index in [9.17, 15) is 23.1 Å². The maximum atomic E-state index is 14.2. The molecule has 0 saturated carbocycles. The maximum Gasteiger partial charge on any atom is 0.345 e. The third kappa shape index (κ3) is 6.27. The summed E-state index contributed by atoms with van der Waals surface area (Å²) in [5, 5.41) is 29.1. The second kappa shape index (κ2) is 10.9. The Kier molecular flexibility index (Phi) is 8.11. The topological polar surface area (TPSA) is 138 Å². The number of hydrogen-bond donors (Lipinski definition) is 3. The zero-order chi connectivity index (χ0) is 26.6. The number of alkyl halides is 3. The summed E-state index contributed by atoms with van der Waals surface area (Å²) in [7, 11) is 0. The van der Waals surface area contributed by atoms with Crippen molar-refractivity contribution in [2.75, 3.05) is 11.9 Å². The van der Waals surface area contributed by atoms with Crippen LogP contribution in [0.3, 0.4) is 0 Å². The minimum atomic E-state index is -2.98. The van der Waals surface area contributed by atoms with Crippen molar-refractivity contribution in [3.8, 4) is 11.9 Å². The molecule has 0 saturated heterocycles. The van der Waals surface area contributed by atoms with Gasteiger partial charge in [0.15, 0.2) is 11.5 Å². The van der Waals surface area contributed by atoms with Crippen molar-refractivity contribution >= 4 is 22.6 Å². The summed E-state index contributed by atoms with van der Waals surface area (Å²) >= 11 is 0. The number of rotatable bonds is 10. The van der Waals surface area contributed by atoms with Crippen molar-refractivity contribution in [1.82, 2.24) is 25.1 Å². The molecular formula is C23H26F3N7O3. The number of nitrogens with zero attached hydrogens (tertiary/aromatic N) is 5. The van der Waals surface area contributed by atoms with E-state index in [4.69, 9.17) is 5.26 Å². The van der Waals surface area contributed by atoms with Crippen molar-refractivity contribution in [2.45, 2.75) is 58.2 Å². The Morgan fingerprint density at radius 1 is 1.22 bits per heavy atom. The smallest absolute Gasteiger partial charge is 0.345 e. The fraction of sp³-hybridized carbons (Fsp3) is 0.435. The molecule has 1 amide bonds. The summed E-state index contributed by atoms with van der Waals surface area (Å²) in [4.78, 5) is 21.4. The summed E-state index contributed by atoms with van der Waals surface area (Å²) in [6.45, 7) is 2.15. The van der Waals surface area contributed by atoms with E-state index in [1.54, 1.807) is 13.0 Å². The number of anilines is 1. The van der Waals surface area contributed by atoms with Crippen LogP contribution in [-0.2, 0) is 4.74 Å². The molecule has 3 aromatic heterocycles. The van der Waals surface area contributed by atoms with Crippen LogP contribution in [0, 0.1) is 11.3 Å². The van der Waals surface area contributed by atoms with E-state index < -0.39 is 43.0 Å². The van der Waals surface area contributed by atoms with Gasteiger partial charge in [-0.25, -0.2) is 14.4 Å². The summed E-state index contributed by atoms with van der Waals surface area (Å²) in [5.41, 5.74) is -0.701. The Labute approximate surface area is 205 Å². The van der Waals surface area contributed by atoms with Crippen LogP contribution in [0.25, 0.3) is 16.9 Å². The first kappa shape index (κ1) is 26.8. The molecule has 10 nitrogen and oxygen atoms in total. The Morgan fingerprint density at radius 3 is 2.58 bits per heavy atom. The van der Waals surface area contributed by atoms with E-state index >= 15 is 0 Å². The number of nitriles is 1. The summed E-state index contributed by atoms with van der Waals surface area (Å²) in [6.07, 6.45) is 1.44. The molecule has 3 rings (SSSR count). The largest absolute Gasteiger partial charge is 0.387 e. The molecule has 36 heavy (non-hydrogen) atoms. The van der Waals surface area contributed by atoms with E-state index in [1.165, 1.54) is 50.1 Å². The Balaban J connectivity index is 1.96. The van der Waals surface area contributed by atoms with Crippen molar-refractivity contribution in [2.24, 2.45) is 0 Å². The van der Waals surface area contributed by atoms with Gasteiger partial charge in [0, 0.05) is 29.9 Å². The molecule has 3 aromatic rings. The highest BCUT2D eigenvalue weighted by molar-refractivity contribution is 5.99. The number of carbonyl (C=O) groups is 1. The monoisotopic (exact) mass is 505 g/mol. The fourth-order valence-electron chi connectivity index (χ4n) is 3.18. The fourth-order valence-corrected chi connectivity index (χ4v) is 3.18. The number of ether oxygens (including phenoxy) is 1. The molecule has 0 bridgehead atoms. The normalized spacial score (nSPS) is 14.3. The first-order valence-corrected chi connectivity index (χ1v) is 11.0. The zero-order valence-electron chi connectivity index (χ0n) is 20.0. The van der Waals surface area contributed by atoms with Crippen LogP contribution < -0.4 is 10.6 Å². The lowest BCUT2D eigenvalue weighted by Gasteiger charge is -2.25. The average Bonchev–Trinajstić information content (AvgIpc) is 3.24. The van der Waals surface area contributed by atoms with E-state index in [0.29, 0.717) is 16.6 Å². The second-order valence-electron chi connectivity index (χ2n) is 8.76. The van der Waals surface area contributed by atoms with E-state index in [0.717, 1.165) is 0 Å². The van der Waals surface area contributed by atoms with Crippen molar-refractivity contribution in [3.05, 3.63) is 41.9 Å². The molecule has 0 fully saturated rings. The highest BCUT2D eigenvalue weighted by atomic mass is 19.3. The SMILES string of the molecule is CC(Nc1cc(-n2ncc3cc(C#N)cnc32)ncc1C(=O)NC[C@@H](F)C(C)(C)O)C(C)OC(F)F. The van der Waals surface area contributed by atoms with E-state index in [1.807, 2.05) is 6.07 Å². The Morgan fingerprint density at radius 2 is 1.94 bits per heavy atom. The van der Waals surface area contributed by atoms with Crippen LogP contribution >= 0.6 is 0 Å². The van der Waals surface area contributed by atoms with Gasteiger partial charge in [-0.3, -0.25) is 4.79 Å². The Bertz CT molecular complexity index is 1270. The summed E-state index contributed by atoms with van der Waals surface area (Å²) in [6, 6.07) is 4.40. The van der Waals surface area contributed by atoms with Gasteiger partial charge in [-0.15, -0.1) is 0 Å². The second-order valence-corrected chi connectivity index (χ2v) is 8.76. The number of aromatic nitrogens is 4. The number of hydrogen-bond acceptors (Lipinski definition) is 8. The van der Waals surface area contributed by atoms with Gasteiger partial charge < -0.3 is 20.5 Å². The molecule has 0 spiro atoms. The number of halogens is 3. The molecule has 0 aliphatic rings. The van der Waals surface area contributed by atoms with Gasteiger partial charge in [0.1, 0.15) is 12.2 Å². The van der Waals surface area contributed by atoms with Gasteiger partial charge in [-0.05, 0) is 33.8 Å². The number of amides is 1. The molecule has 3 atom stereocenters. The Hall–Kier alpha value is -3.76. The number of carbonyl (C=O) groups excluding carboxylic acids is 1. The zero-order valence-corrected chi connectivity index (χ0v) is 20.0. The molecular weight excluding hydrogens is 479 g/mol. The van der Waals surface area contributed by atoms with Crippen LogP contribution in [0.1, 0.15) is 43.6 Å². The highest BCUT2D eigenvalue weighted by Crippen LogP contribution is 2.23. The minimum absolute atomic E-state index is 0.00832. The van der Waals surface area contributed by atoms with Gasteiger partial charge in [-0.2, -0.15) is 23.8 Å². The molecule has 3 N–H and O–H groups in total. The number of fused-ring (bicyclic) bond motifs is 1. The van der Waals surface area contributed by atoms with Gasteiger partial charge >= 0.3 is 6.61 Å². The lowest BCUT2D eigenvalue weighted by molar-refractivity contribution is -0.160. The average molecular weight is 506 g/mol. The molecule has 13 heteroatoms. The molecule has 192 valence electrons. The van der Waals surface area contributed by atoms with Gasteiger partial charge in [0.05, 0.1) is 41.3 Å². The maximum absolute atomic E-state index is 14.2. The summed E-state index contributed by atoms with van der Waals surface area (Å²) in [5.74, 6) is -0.448. The number of aliphatic hydroxyl groups is 1. The number of pyridine rings is 2. The predicted molar refractivity (Wildman–Crippen MR) is 125 cm³/mol. The standard InChI is InChI=1S/C23H26F3N7O3/c1-12(13(2)36-22(25)26)32-17-6-19(33-20-15(9-31-33)5-14(7-27)8-29-20)28-10-16(17)21(34)30-11-18(24)23(3,4)35/h5-6,8-10,12-13,18,22,35H,11H2,1-4H3,(H,28,32)(H,30,34)/t12?,13?,18-/m1/s1. The van der Waals surface area contributed by atoms with Crippen LogP contribution in [-0.4, -0.2) is 67.8 Å². The molecule has 0 aliphatic carbocycles. The van der Waals surface area contributed by atoms with Crippen LogP contribution in [0.2, 0.25) is 0 Å². The third-order valence-corrected chi connectivity index (χ3v) is 5.50. The van der Waals surface area contributed by atoms with Gasteiger partial charge in [0.25, 0.3) is 5.91 Å². The van der Waals surface area contributed by atoms with E-state index in [2.05, 4.69) is 30.4 Å². The van der Waals surface area contributed by atoms with Crippen LogP contribution in [0.5, 0.6) is 0 Å². The first-order valence-electron chi connectivity index (χ1n) is 11.0. The lowest BCUT2D eigenvalue weighted by Crippen LogP contribution is -2.42. The quantitative estimate of drug-likeness (QED) is 0.382.